The van der Waals surface area contributed by atoms with Crippen LogP contribution in [0.15, 0.2) is 35.4 Å². The van der Waals surface area contributed by atoms with E-state index in [9.17, 15) is 48.9 Å². The Bertz CT molecular complexity index is 2020. The molecule has 2 amide bonds. The van der Waals surface area contributed by atoms with Crippen LogP contribution in [0, 0.1) is 16.7 Å². The van der Waals surface area contributed by atoms with Gasteiger partial charge in [-0.1, -0.05) is 26.0 Å². The van der Waals surface area contributed by atoms with Gasteiger partial charge < -0.3 is 60.8 Å². The maximum Gasteiger partial charge on any atom is 0.338 e. The Hall–Kier alpha value is -5.28. The van der Waals surface area contributed by atoms with Crippen molar-refractivity contribution in [3.63, 3.8) is 0 Å². The van der Waals surface area contributed by atoms with E-state index in [1.165, 1.54) is 52.0 Å². The molecule has 4 aliphatic rings. The number of carbonyl (C=O) groups excluding carboxylic acids is 6. The molecule has 9 N–H and O–H groups in total. The minimum absolute atomic E-state index is 0.0403. The van der Waals surface area contributed by atoms with Crippen LogP contribution in [0.4, 0.5) is 0 Å². The van der Waals surface area contributed by atoms with Crippen LogP contribution >= 0.6 is 0 Å². The Labute approximate surface area is 350 Å². The molecule has 3 aliphatic carbocycles. The molecule has 3 fully saturated rings. The first kappa shape index (κ1) is 46.8. The number of carbonyl (C=O) groups is 8. The lowest BCUT2D eigenvalue weighted by atomic mass is 9.44. The lowest BCUT2D eigenvalue weighted by Crippen LogP contribution is -2.81. The first-order chi connectivity index (χ1) is 28.3. The third-order valence-electron chi connectivity index (χ3n) is 12.9. The van der Waals surface area contributed by atoms with Crippen molar-refractivity contribution in [2.45, 2.75) is 127 Å². The molecule has 2 bridgehead atoms. The summed E-state index contributed by atoms with van der Waals surface area (Å²) in [6, 6.07) is 2.72. The number of rotatable bonds is 14. The summed E-state index contributed by atoms with van der Waals surface area (Å²) in [7, 11) is 0. The summed E-state index contributed by atoms with van der Waals surface area (Å²) in [6.45, 7) is 7.06. The third kappa shape index (κ3) is 8.51. The Balaban J connectivity index is 1.55. The molecule has 1 heterocycles. The highest BCUT2D eigenvalue weighted by molar-refractivity contribution is 5.96. The topological polar surface area (TPSA) is 325 Å². The van der Waals surface area contributed by atoms with E-state index in [1.807, 2.05) is 0 Å². The Morgan fingerprint density at radius 1 is 0.984 bits per heavy atom. The fourth-order valence-corrected chi connectivity index (χ4v) is 9.52. The molecule has 0 radical (unpaired) electrons. The summed E-state index contributed by atoms with van der Waals surface area (Å²) >= 11 is 0. The van der Waals surface area contributed by atoms with E-state index in [-0.39, 0.29) is 49.0 Å². The van der Waals surface area contributed by atoms with E-state index in [0.29, 0.717) is 5.56 Å². The zero-order chi connectivity index (χ0) is 45.6. The molecule has 0 spiro atoms. The lowest BCUT2D eigenvalue weighted by Gasteiger charge is -2.67. The molecule has 20 nitrogen and oxygen atoms in total. The number of amides is 2. The predicted octanol–water partition coefficient (Wildman–Crippen LogP) is -0.927. The van der Waals surface area contributed by atoms with Gasteiger partial charge in [0.1, 0.15) is 36.4 Å². The zero-order valence-corrected chi connectivity index (χ0v) is 34.6. The van der Waals surface area contributed by atoms with Crippen molar-refractivity contribution in [3.05, 3.63) is 46.5 Å². The number of aliphatic carboxylic acids is 2. The van der Waals surface area contributed by atoms with Gasteiger partial charge >= 0.3 is 29.8 Å². The summed E-state index contributed by atoms with van der Waals surface area (Å²) in [4.78, 5) is 103. The maximum absolute atomic E-state index is 15.1. The largest absolute Gasteiger partial charge is 0.480 e. The van der Waals surface area contributed by atoms with Crippen molar-refractivity contribution >= 4 is 47.4 Å². The van der Waals surface area contributed by atoms with Gasteiger partial charge in [0, 0.05) is 44.9 Å². The molecule has 11 atom stereocenters. The number of nitrogens with one attached hydrogen (secondary N) is 2. The molecule has 61 heavy (non-hydrogen) atoms. The highest BCUT2D eigenvalue weighted by Gasteiger charge is 2.78. The number of benzene rings is 1. The quantitative estimate of drug-likeness (QED) is 0.0637. The number of esters is 3. The normalized spacial score (nSPS) is 32.2. The van der Waals surface area contributed by atoms with Crippen LogP contribution < -0.4 is 16.4 Å². The Morgan fingerprint density at radius 2 is 1.62 bits per heavy atom. The first-order valence-corrected chi connectivity index (χ1v) is 19.7. The smallest absolute Gasteiger partial charge is 0.338 e. The van der Waals surface area contributed by atoms with Crippen molar-refractivity contribution in [2.24, 2.45) is 22.5 Å². The van der Waals surface area contributed by atoms with Crippen LogP contribution in [0.2, 0.25) is 0 Å². The molecule has 5 rings (SSSR count). The fourth-order valence-electron chi connectivity index (χ4n) is 9.52. The monoisotopic (exact) mass is 859 g/mol. The van der Waals surface area contributed by atoms with Gasteiger partial charge in [-0.05, 0) is 49.1 Å². The van der Waals surface area contributed by atoms with E-state index in [0.717, 1.165) is 13.8 Å². The summed E-state index contributed by atoms with van der Waals surface area (Å²) in [5.74, 6) is -9.45. The number of ether oxygens (including phenoxy) is 4. The van der Waals surface area contributed by atoms with Crippen molar-refractivity contribution < 1.29 is 82.8 Å². The second kappa shape index (κ2) is 17.2. The number of carboxylic acids is 2. The molecular weight excluding hydrogens is 806 g/mol. The molecular formula is C41H53N3O17. The van der Waals surface area contributed by atoms with Gasteiger partial charge in [-0.15, -0.1) is 0 Å². The number of aliphatic hydroxyl groups is 3. The molecule has 0 aromatic heterocycles. The molecule has 4 unspecified atom stereocenters. The average molecular weight is 860 g/mol. The van der Waals surface area contributed by atoms with Gasteiger partial charge in [0.15, 0.2) is 17.5 Å². The minimum Gasteiger partial charge on any atom is -0.480 e. The lowest BCUT2D eigenvalue weighted by molar-refractivity contribution is -0.345. The van der Waals surface area contributed by atoms with Gasteiger partial charge in [-0.2, -0.15) is 0 Å². The summed E-state index contributed by atoms with van der Waals surface area (Å²) in [5.41, 5.74) is -1.77. The highest BCUT2D eigenvalue weighted by Crippen LogP contribution is 2.64. The third-order valence-corrected chi connectivity index (χ3v) is 12.9. The Kier molecular flexibility index (Phi) is 13.2. The van der Waals surface area contributed by atoms with Gasteiger partial charge in [0.05, 0.1) is 35.7 Å². The van der Waals surface area contributed by atoms with Gasteiger partial charge in [0.25, 0.3) is 0 Å². The number of nitrogens with two attached hydrogens (primary N) is 1. The highest BCUT2D eigenvalue weighted by atomic mass is 16.6. The summed E-state index contributed by atoms with van der Waals surface area (Å²) in [6.07, 6.45) is -9.16. The standard InChI is InChI=1S/C41H53N3O17/c1-18-25(47)15-41(57)34(32-39(6,26(48)14-27-40(32,17-58-27)61-20(3)46)33(52)31(59-19(2)45)30(18)38(41,4)5)60-37(56)22-9-7-21(8-10-22)13-24(35(53)43-16-29(50)51)44-28(49)12-11-23(42)36(54)55/h7-10,23-27,31-32,34,47-48,57H,11-17,42H2,1-6H3,(H,43,53)(H,44,49)(H,50,51)(H,54,55)/t23?,24?,25-,26-,27+,31+,32?,34?,39+,40-,41+/m0/s1. The SMILES string of the molecule is CC(=O)O[C@H]1C(=O)[C@@]2(C)C(C(OC(=O)c3ccc(CC(NC(=O)CCC(N)C(=O)O)C(=O)NCC(=O)O)cc3)[C@]3(O)C[C@H](O)C(C)=C1C3(C)C)[C@]1(OC(C)=O)CO[C@@H]1C[C@@H]2O. The van der Waals surface area contributed by atoms with E-state index < -0.39 is 131 Å². The molecule has 1 saturated heterocycles. The van der Waals surface area contributed by atoms with Gasteiger partial charge in [-0.3, -0.25) is 33.6 Å². The molecule has 1 aromatic carbocycles. The predicted molar refractivity (Wildman–Crippen MR) is 206 cm³/mol. The molecule has 334 valence electrons. The second-order valence-corrected chi connectivity index (χ2v) is 17.0. The van der Waals surface area contributed by atoms with Crippen LogP contribution in [-0.4, -0.2) is 140 Å². The van der Waals surface area contributed by atoms with Gasteiger partial charge in [0.2, 0.25) is 11.8 Å². The number of hydrogen-bond acceptors (Lipinski definition) is 16. The molecule has 20 heteroatoms. The zero-order valence-electron chi connectivity index (χ0n) is 34.6. The molecule has 1 aliphatic heterocycles. The molecule has 2 saturated carbocycles. The Morgan fingerprint density at radius 3 is 2.16 bits per heavy atom. The maximum atomic E-state index is 15.1. The van der Waals surface area contributed by atoms with Crippen LogP contribution in [0.25, 0.3) is 0 Å². The number of carboxylic acid groups (broad SMARTS) is 2. The molecule has 1 aromatic rings. The van der Waals surface area contributed by atoms with E-state index in [4.69, 9.17) is 34.9 Å². The van der Waals surface area contributed by atoms with Crippen molar-refractivity contribution in [1.29, 1.82) is 0 Å². The first-order valence-electron chi connectivity index (χ1n) is 19.7. The minimum atomic E-state index is -2.31. The van der Waals surface area contributed by atoms with Gasteiger partial charge in [-0.25, -0.2) is 4.79 Å². The van der Waals surface area contributed by atoms with E-state index >= 15 is 4.79 Å². The van der Waals surface area contributed by atoms with Crippen molar-refractivity contribution in [3.8, 4) is 0 Å². The van der Waals surface area contributed by atoms with E-state index in [1.54, 1.807) is 0 Å². The number of ketones is 1. The van der Waals surface area contributed by atoms with Crippen LogP contribution in [0.5, 0.6) is 0 Å². The van der Waals surface area contributed by atoms with Crippen molar-refractivity contribution in [1.82, 2.24) is 10.6 Å². The second-order valence-electron chi connectivity index (χ2n) is 17.0. The summed E-state index contributed by atoms with van der Waals surface area (Å²) < 4.78 is 23.7. The van der Waals surface area contributed by atoms with Crippen LogP contribution in [0.3, 0.4) is 0 Å². The van der Waals surface area contributed by atoms with Crippen LogP contribution in [-0.2, 0) is 58.9 Å². The van der Waals surface area contributed by atoms with Crippen LogP contribution in [0.1, 0.15) is 83.1 Å². The van der Waals surface area contributed by atoms with E-state index in [2.05, 4.69) is 10.6 Å². The number of aliphatic hydroxyl groups excluding tert-OH is 2. The number of hydrogen-bond donors (Lipinski definition) is 8. The number of fused-ring (bicyclic) bond motifs is 5. The summed E-state index contributed by atoms with van der Waals surface area (Å²) in [5, 5.41) is 59.3. The fraction of sp³-hybridized carbons (Fsp3) is 0.610. The number of Topliss-reactive ketones (excluding diaryl/α,β-unsaturated/α-hetero) is 1. The van der Waals surface area contributed by atoms with Crippen molar-refractivity contribution in [2.75, 3.05) is 13.2 Å². The average Bonchev–Trinajstić information content (AvgIpc) is 3.16.